The summed E-state index contributed by atoms with van der Waals surface area (Å²) in [5, 5.41) is 7.71. The van der Waals surface area contributed by atoms with E-state index in [-0.39, 0.29) is 18.1 Å². The first-order chi connectivity index (χ1) is 22.5. The molecule has 2 aliphatic heterocycles. The quantitative estimate of drug-likeness (QED) is 0.238. The van der Waals surface area contributed by atoms with Crippen LogP contribution in [-0.4, -0.2) is 69.2 Å². The van der Waals surface area contributed by atoms with Gasteiger partial charge in [-0.2, -0.15) is 4.98 Å². The summed E-state index contributed by atoms with van der Waals surface area (Å²) in [6, 6.07) is 18.8. The van der Waals surface area contributed by atoms with Crippen LogP contribution in [0, 0.1) is 0 Å². The van der Waals surface area contributed by atoms with E-state index in [1.54, 1.807) is 23.2 Å². The molecule has 0 amide bonds. The van der Waals surface area contributed by atoms with Crippen molar-refractivity contribution in [2.45, 2.75) is 50.7 Å². The highest BCUT2D eigenvalue weighted by Crippen LogP contribution is 2.30. The molecule has 4 aromatic heterocycles. The SMILES string of the molecule is CN1CCCCC1c1cc2cnc(Nc3ccc(N(C)C4CCCNC4)cc3)nc2n(Cc2ncccc2-c2ccncc2)c1=O. The summed E-state index contributed by atoms with van der Waals surface area (Å²) in [6.45, 7) is 3.36. The predicted octanol–water partition coefficient (Wildman–Crippen LogP) is 5.39. The Morgan fingerprint density at radius 3 is 2.63 bits per heavy atom. The molecule has 7 rings (SSSR count). The molecule has 6 heterocycles. The summed E-state index contributed by atoms with van der Waals surface area (Å²) in [5.41, 5.74) is 6.16. The summed E-state index contributed by atoms with van der Waals surface area (Å²) in [7, 11) is 4.27. The first-order valence-corrected chi connectivity index (χ1v) is 16.3. The topological polar surface area (TPSA) is 104 Å². The van der Waals surface area contributed by atoms with Crippen LogP contribution in [0.3, 0.4) is 0 Å². The minimum Gasteiger partial charge on any atom is -0.370 e. The van der Waals surface area contributed by atoms with Crippen molar-refractivity contribution in [1.82, 2.24) is 34.7 Å². The van der Waals surface area contributed by atoms with Crippen molar-refractivity contribution in [2.24, 2.45) is 0 Å². The highest BCUT2D eigenvalue weighted by Gasteiger charge is 2.26. The van der Waals surface area contributed by atoms with Gasteiger partial charge in [0.05, 0.1) is 12.2 Å². The second-order valence-electron chi connectivity index (χ2n) is 12.5. The van der Waals surface area contributed by atoms with E-state index >= 15 is 0 Å². The third-order valence-corrected chi connectivity index (χ3v) is 9.52. The molecule has 0 spiro atoms. The fourth-order valence-electron chi connectivity index (χ4n) is 6.89. The van der Waals surface area contributed by atoms with E-state index < -0.39 is 0 Å². The Hall–Kier alpha value is -4.67. The predicted molar refractivity (Wildman–Crippen MR) is 184 cm³/mol. The van der Waals surface area contributed by atoms with E-state index in [2.05, 4.69) is 68.8 Å². The minimum absolute atomic E-state index is 0.0353. The fraction of sp³-hybridized carbons (Fsp3) is 0.361. The molecule has 1 aromatic carbocycles. The average Bonchev–Trinajstić information content (AvgIpc) is 3.11. The van der Waals surface area contributed by atoms with Crippen molar-refractivity contribution in [2.75, 3.05) is 43.9 Å². The number of likely N-dealkylation sites (tertiary alicyclic amines) is 1. The van der Waals surface area contributed by atoms with Crippen LogP contribution in [0.4, 0.5) is 17.3 Å². The molecule has 0 radical (unpaired) electrons. The maximum atomic E-state index is 14.4. The standard InChI is InChI=1S/C36H41N9O/c1-43-20-4-3-9-33(43)31-21-26-22-40-36(41-27-10-12-28(13-11-27)44(2)29-7-5-16-38-23-29)42-34(26)45(35(31)46)24-32-30(8-6-17-39-32)25-14-18-37-19-15-25/h6,8,10-15,17-19,21-22,29,33,38H,3-5,7,9,16,20,23-24H2,1-2H3,(H,40,41,42). The van der Waals surface area contributed by atoms with Crippen LogP contribution >= 0.6 is 0 Å². The molecular formula is C36H41N9O. The minimum atomic E-state index is -0.0353. The normalized spacial score (nSPS) is 18.8. The molecule has 236 valence electrons. The van der Waals surface area contributed by atoms with Crippen molar-refractivity contribution in [3.05, 3.63) is 101 Å². The number of anilines is 3. The molecule has 0 aliphatic carbocycles. The lowest BCUT2D eigenvalue weighted by Crippen LogP contribution is -2.44. The highest BCUT2D eigenvalue weighted by atomic mass is 16.1. The first kappa shape index (κ1) is 30.0. The summed E-state index contributed by atoms with van der Waals surface area (Å²) in [6.07, 6.45) is 12.7. The van der Waals surface area contributed by atoms with Gasteiger partial charge in [-0.15, -0.1) is 0 Å². The first-order valence-electron chi connectivity index (χ1n) is 16.3. The number of rotatable bonds is 8. The monoisotopic (exact) mass is 615 g/mol. The summed E-state index contributed by atoms with van der Waals surface area (Å²) in [5.74, 6) is 0.441. The van der Waals surface area contributed by atoms with Crippen molar-refractivity contribution in [3.63, 3.8) is 0 Å². The zero-order chi connectivity index (χ0) is 31.5. The van der Waals surface area contributed by atoms with Gasteiger partial charge in [-0.1, -0.05) is 12.5 Å². The number of hydrogen-bond donors (Lipinski definition) is 2. The van der Waals surface area contributed by atoms with E-state index in [0.29, 0.717) is 17.6 Å². The van der Waals surface area contributed by atoms with Gasteiger partial charge in [-0.05, 0) is 99.9 Å². The molecule has 10 nitrogen and oxygen atoms in total. The highest BCUT2D eigenvalue weighted by molar-refractivity contribution is 5.77. The summed E-state index contributed by atoms with van der Waals surface area (Å²) < 4.78 is 1.78. The maximum Gasteiger partial charge on any atom is 0.257 e. The average molecular weight is 616 g/mol. The van der Waals surface area contributed by atoms with Crippen LogP contribution < -0.4 is 21.1 Å². The summed E-state index contributed by atoms with van der Waals surface area (Å²) >= 11 is 0. The second kappa shape index (κ2) is 13.4. The van der Waals surface area contributed by atoms with Crippen LogP contribution in [0.1, 0.15) is 49.4 Å². The van der Waals surface area contributed by atoms with Gasteiger partial charge in [-0.3, -0.25) is 24.2 Å². The molecule has 2 saturated heterocycles. The van der Waals surface area contributed by atoms with Crippen molar-refractivity contribution in [1.29, 1.82) is 0 Å². The van der Waals surface area contributed by atoms with Crippen LogP contribution in [0.2, 0.25) is 0 Å². The number of nitrogens with zero attached hydrogens (tertiary/aromatic N) is 7. The number of benzene rings is 1. The van der Waals surface area contributed by atoms with Crippen molar-refractivity contribution in [3.8, 4) is 11.1 Å². The number of piperidine rings is 2. The zero-order valence-corrected chi connectivity index (χ0v) is 26.6. The Kier molecular flexibility index (Phi) is 8.72. The van der Waals surface area contributed by atoms with Gasteiger partial charge >= 0.3 is 0 Å². The molecule has 2 N–H and O–H groups in total. The van der Waals surface area contributed by atoms with Crippen molar-refractivity contribution >= 4 is 28.4 Å². The number of likely N-dealkylation sites (N-methyl/N-ethyl adjacent to an activating group) is 1. The van der Waals surface area contributed by atoms with Gasteiger partial charge in [0.25, 0.3) is 5.56 Å². The number of nitrogens with one attached hydrogen (secondary N) is 2. The van der Waals surface area contributed by atoms with Gasteiger partial charge in [0.15, 0.2) is 0 Å². The molecule has 2 aliphatic rings. The molecule has 46 heavy (non-hydrogen) atoms. The number of hydrogen-bond acceptors (Lipinski definition) is 9. The third-order valence-electron chi connectivity index (χ3n) is 9.52. The molecule has 2 unspecified atom stereocenters. The Balaban J connectivity index is 1.25. The van der Waals surface area contributed by atoms with Gasteiger partial charge in [0.1, 0.15) is 5.65 Å². The number of aromatic nitrogens is 5. The molecule has 0 bridgehead atoms. The van der Waals surface area contributed by atoms with E-state index in [1.807, 2.05) is 36.5 Å². The lowest BCUT2D eigenvalue weighted by atomic mass is 9.96. The van der Waals surface area contributed by atoms with E-state index in [9.17, 15) is 4.79 Å². The Bertz CT molecular complexity index is 1850. The molecule has 2 fully saturated rings. The van der Waals surface area contributed by atoms with Crippen LogP contribution in [0.25, 0.3) is 22.2 Å². The molecule has 10 heteroatoms. The molecule has 0 saturated carbocycles. The maximum absolute atomic E-state index is 14.4. The Morgan fingerprint density at radius 2 is 1.85 bits per heavy atom. The smallest absolute Gasteiger partial charge is 0.257 e. The van der Waals surface area contributed by atoms with Gasteiger partial charge < -0.3 is 15.5 Å². The zero-order valence-electron chi connectivity index (χ0n) is 26.6. The largest absolute Gasteiger partial charge is 0.370 e. The lowest BCUT2D eigenvalue weighted by Gasteiger charge is -2.33. The summed E-state index contributed by atoms with van der Waals surface area (Å²) in [4.78, 5) is 37.6. The van der Waals surface area contributed by atoms with E-state index in [4.69, 9.17) is 9.97 Å². The Morgan fingerprint density at radius 1 is 1.00 bits per heavy atom. The Labute approximate surface area is 269 Å². The fourth-order valence-corrected chi connectivity index (χ4v) is 6.89. The van der Waals surface area contributed by atoms with Crippen molar-refractivity contribution < 1.29 is 0 Å². The van der Waals surface area contributed by atoms with Crippen LogP contribution in [0.15, 0.2) is 84.2 Å². The van der Waals surface area contributed by atoms with Crippen LogP contribution in [-0.2, 0) is 6.54 Å². The number of pyridine rings is 3. The van der Waals surface area contributed by atoms with Gasteiger partial charge in [-0.25, -0.2) is 4.98 Å². The molecule has 5 aromatic rings. The number of fused-ring (bicyclic) bond motifs is 1. The molecule has 2 atom stereocenters. The lowest BCUT2D eigenvalue weighted by molar-refractivity contribution is 0.186. The van der Waals surface area contributed by atoms with Gasteiger partial charge in [0, 0.05) is 78.4 Å². The van der Waals surface area contributed by atoms with Crippen LogP contribution in [0.5, 0.6) is 0 Å². The van der Waals surface area contributed by atoms with E-state index in [0.717, 1.165) is 72.4 Å². The third kappa shape index (κ3) is 6.23. The second-order valence-corrected chi connectivity index (χ2v) is 12.5. The van der Waals surface area contributed by atoms with E-state index in [1.165, 1.54) is 18.5 Å². The van der Waals surface area contributed by atoms with Gasteiger partial charge in [0.2, 0.25) is 5.95 Å². The molecular weight excluding hydrogens is 574 g/mol.